The molecule has 1 aromatic carbocycles. The molecular weight excluding hydrogens is 385 g/mol. The number of carbonyl (C=O) groups excluding carboxylic acids is 1. The Morgan fingerprint density at radius 3 is 2.71 bits per heavy atom. The van der Waals surface area contributed by atoms with E-state index in [1.54, 1.807) is 6.07 Å². The summed E-state index contributed by atoms with van der Waals surface area (Å²) < 4.78 is 14.4. The minimum Gasteiger partial charge on any atom is -0.364 e. The second kappa shape index (κ2) is 6.68. The first-order chi connectivity index (χ1) is 13.3. The van der Waals surface area contributed by atoms with Crippen LogP contribution in [0.5, 0.6) is 0 Å². The number of hydrogen-bond acceptors (Lipinski definition) is 6. The molecule has 1 fully saturated rings. The van der Waals surface area contributed by atoms with Crippen molar-refractivity contribution in [3.8, 4) is 11.3 Å². The van der Waals surface area contributed by atoms with Gasteiger partial charge in [0.2, 0.25) is 0 Å². The van der Waals surface area contributed by atoms with Crippen LogP contribution in [0.3, 0.4) is 0 Å². The Kier molecular flexibility index (Phi) is 4.43. The number of piperidine rings is 1. The van der Waals surface area contributed by atoms with Crippen LogP contribution in [0.15, 0.2) is 18.2 Å². The third-order valence-electron chi connectivity index (χ3n) is 5.02. The summed E-state index contributed by atoms with van der Waals surface area (Å²) in [6.07, 6.45) is 1.49. The van der Waals surface area contributed by atoms with Crippen molar-refractivity contribution in [3.05, 3.63) is 34.7 Å². The van der Waals surface area contributed by atoms with Crippen LogP contribution in [0.1, 0.15) is 30.3 Å². The van der Waals surface area contributed by atoms with Crippen molar-refractivity contribution in [2.75, 3.05) is 18.0 Å². The van der Waals surface area contributed by atoms with E-state index in [-0.39, 0.29) is 33.0 Å². The summed E-state index contributed by atoms with van der Waals surface area (Å²) in [5.41, 5.74) is 12.4. The summed E-state index contributed by atoms with van der Waals surface area (Å²) >= 11 is 5.87. The number of aromatic nitrogens is 4. The molecule has 28 heavy (non-hydrogen) atoms. The monoisotopic (exact) mass is 403 g/mol. The van der Waals surface area contributed by atoms with Gasteiger partial charge in [-0.25, -0.2) is 14.4 Å². The van der Waals surface area contributed by atoms with Crippen molar-refractivity contribution in [2.45, 2.75) is 25.3 Å². The van der Waals surface area contributed by atoms with Crippen molar-refractivity contribution in [1.82, 2.24) is 20.2 Å². The van der Waals surface area contributed by atoms with Gasteiger partial charge in [0.05, 0.1) is 5.02 Å². The zero-order chi connectivity index (χ0) is 20.1. The van der Waals surface area contributed by atoms with Crippen molar-refractivity contribution < 1.29 is 9.18 Å². The molecular formula is C18H19ClFN7O. The predicted octanol–water partition coefficient (Wildman–Crippen LogP) is 2.23. The smallest absolute Gasteiger partial charge is 0.271 e. The van der Waals surface area contributed by atoms with E-state index < -0.39 is 11.7 Å². The molecule has 0 radical (unpaired) electrons. The number of H-pyrrole nitrogens is 1. The van der Waals surface area contributed by atoms with Gasteiger partial charge in [0.25, 0.3) is 5.91 Å². The summed E-state index contributed by atoms with van der Waals surface area (Å²) in [6.45, 7) is 3.24. The molecule has 1 aliphatic rings. The van der Waals surface area contributed by atoms with Gasteiger partial charge in [-0.3, -0.25) is 9.89 Å². The largest absolute Gasteiger partial charge is 0.364 e. The van der Waals surface area contributed by atoms with Gasteiger partial charge in [0, 0.05) is 24.2 Å². The second-order valence-electron chi connectivity index (χ2n) is 7.27. The number of aromatic amines is 1. The van der Waals surface area contributed by atoms with E-state index in [9.17, 15) is 9.18 Å². The molecule has 4 rings (SSSR count). The molecule has 5 N–H and O–H groups in total. The van der Waals surface area contributed by atoms with Crippen LogP contribution in [0.2, 0.25) is 5.02 Å². The molecule has 10 heteroatoms. The molecule has 0 unspecified atom stereocenters. The fourth-order valence-corrected chi connectivity index (χ4v) is 3.50. The Morgan fingerprint density at radius 2 is 2.04 bits per heavy atom. The molecule has 3 heterocycles. The summed E-state index contributed by atoms with van der Waals surface area (Å²) in [5, 5.41) is 6.86. The standard InChI is InChI=1S/C18H19ClFN7O/c1-18(22)5-7-27(8-6-18)17-14(15(21)28)23-13-12(25-26-16(13)24-17)9-3-2-4-10(19)11(9)20/h2-4H,5-8,22H2,1H3,(H2,21,28)(H,24,25,26). The number of nitrogens with one attached hydrogen (secondary N) is 1. The number of rotatable bonds is 3. The first kappa shape index (κ1) is 18.6. The lowest BCUT2D eigenvalue weighted by atomic mass is 9.91. The normalized spacial score (nSPS) is 16.5. The fraction of sp³-hybridized carbons (Fsp3) is 0.333. The van der Waals surface area contributed by atoms with Crippen LogP contribution in [0.25, 0.3) is 22.4 Å². The van der Waals surface area contributed by atoms with Gasteiger partial charge in [-0.05, 0) is 31.9 Å². The summed E-state index contributed by atoms with van der Waals surface area (Å²) in [6, 6.07) is 4.58. The summed E-state index contributed by atoms with van der Waals surface area (Å²) in [4.78, 5) is 22.9. The maximum Gasteiger partial charge on any atom is 0.271 e. The van der Waals surface area contributed by atoms with E-state index in [0.717, 1.165) is 12.8 Å². The lowest BCUT2D eigenvalue weighted by Crippen LogP contribution is -2.48. The highest BCUT2D eigenvalue weighted by Crippen LogP contribution is 2.32. The highest BCUT2D eigenvalue weighted by molar-refractivity contribution is 6.31. The lowest BCUT2D eigenvalue weighted by molar-refractivity contribution is 0.0996. The van der Waals surface area contributed by atoms with E-state index in [0.29, 0.717) is 24.6 Å². The highest BCUT2D eigenvalue weighted by atomic mass is 35.5. The molecule has 3 aromatic rings. The van der Waals surface area contributed by atoms with Crippen LogP contribution < -0.4 is 16.4 Å². The first-order valence-corrected chi connectivity index (χ1v) is 9.19. The van der Waals surface area contributed by atoms with E-state index in [2.05, 4.69) is 20.2 Å². The predicted molar refractivity (Wildman–Crippen MR) is 105 cm³/mol. The van der Waals surface area contributed by atoms with Gasteiger partial charge in [-0.1, -0.05) is 17.7 Å². The molecule has 1 saturated heterocycles. The number of halogens is 2. The van der Waals surface area contributed by atoms with Crippen LogP contribution in [-0.4, -0.2) is 44.7 Å². The quantitative estimate of drug-likeness (QED) is 0.615. The lowest BCUT2D eigenvalue weighted by Gasteiger charge is -2.37. The van der Waals surface area contributed by atoms with E-state index in [1.807, 2.05) is 11.8 Å². The van der Waals surface area contributed by atoms with Crippen LogP contribution in [-0.2, 0) is 0 Å². The number of hydrogen-bond donors (Lipinski definition) is 3. The number of benzene rings is 1. The molecule has 0 bridgehead atoms. The van der Waals surface area contributed by atoms with Crippen molar-refractivity contribution >= 4 is 34.5 Å². The molecule has 1 amide bonds. The van der Waals surface area contributed by atoms with Crippen molar-refractivity contribution in [1.29, 1.82) is 0 Å². The summed E-state index contributed by atoms with van der Waals surface area (Å²) in [7, 11) is 0. The number of amides is 1. The average Bonchev–Trinajstić information content (AvgIpc) is 3.06. The van der Waals surface area contributed by atoms with E-state index in [4.69, 9.17) is 23.1 Å². The average molecular weight is 404 g/mol. The number of anilines is 1. The Balaban J connectivity index is 1.83. The minimum absolute atomic E-state index is 0.0122. The van der Waals surface area contributed by atoms with Gasteiger partial charge in [-0.15, -0.1) is 0 Å². The zero-order valence-corrected chi connectivity index (χ0v) is 15.9. The number of nitrogens with two attached hydrogens (primary N) is 2. The Morgan fingerprint density at radius 1 is 1.32 bits per heavy atom. The molecule has 2 aromatic heterocycles. The topological polar surface area (TPSA) is 127 Å². The number of primary amides is 1. The maximum atomic E-state index is 14.4. The number of nitrogens with zero attached hydrogens (tertiary/aromatic N) is 4. The minimum atomic E-state index is -0.718. The molecule has 0 spiro atoms. The van der Waals surface area contributed by atoms with Gasteiger partial charge in [0.1, 0.15) is 11.2 Å². The van der Waals surface area contributed by atoms with Crippen molar-refractivity contribution in [2.24, 2.45) is 11.5 Å². The molecule has 0 atom stereocenters. The van der Waals surface area contributed by atoms with Crippen LogP contribution in [0.4, 0.5) is 10.2 Å². The van der Waals surface area contributed by atoms with Gasteiger partial charge >= 0.3 is 0 Å². The highest BCUT2D eigenvalue weighted by Gasteiger charge is 2.30. The SMILES string of the molecule is CC1(N)CCN(c2nc3[nH]nc(-c4cccc(Cl)c4F)c3nc2C(N)=O)CC1. The van der Waals surface area contributed by atoms with Crippen LogP contribution in [0, 0.1) is 5.82 Å². The van der Waals surface area contributed by atoms with Gasteiger partial charge in [-0.2, -0.15) is 5.10 Å². The molecule has 0 aliphatic carbocycles. The fourth-order valence-electron chi connectivity index (χ4n) is 3.32. The van der Waals surface area contributed by atoms with E-state index in [1.165, 1.54) is 12.1 Å². The zero-order valence-electron chi connectivity index (χ0n) is 15.2. The van der Waals surface area contributed by atoms with Gasteiger partial charge in [0.15, 0.2) is 23.0 Å². The summed E-state index contributed by atoms with van der Waals surface area (Å²) in [5.74, 6) is -0.969. The molecule has 8 nitrogen and oxygen atoms in total. The Hall–Kier alpha value is -2.78. The number of fused-ring (bicyclic) bond motifs is 1. The van der Waals surface area contributed by atoms with E-state index >= 15 is 0 Å². The second-order valence-corrected chi connectivity index (χ2v) is 7.68. The van der Waals surface area contributed by atoms with Gasteiger partial charge < -0.3 is 16.4 Å². The first-order valence-electron chi connectivity index (χ1n) is 8.81. The number of carbonyl (C=O) groups is 1. The third kappa shape index (κ3) is 3.16. The Labute approximate surface area is 165 Å². The van der Waals surface area contributed by atoms with Crippen molar-refractivity contribution in [3.63, 3.8) is 0 Å². The third-order valence-corrected chi connectivity index (χ3v) is 5.31. The maximum absolute atomic E-state index is 14.4. The molecule has 146 valence electrons. The van der Waals surface area contributed by atoms with Crippen LogP contribution >= 0.6 is 11.6 Å². The Bertz CT molecular complexity index is 1070. The molecule has 1 aliphatic heterocycles. The molecule has 0 saturated carbocycles.